The van der Waals surface area contributed by atoms with E-state index in [1.54, 1.807) is 24.3 Å². The molecular weight excluding hydrogens is 332 g/mol. The second-order valence-corrected chi connectivity index (χ2v) is 7.48. The summed E-state index contributed by atoms with van der Waals surface area (Å²) in [7, 11) is -3.70. The smallest absolute Gasteiger partial charge is 0.297 e. The Bertz CT molecular complexity index is 555. The highest BCUT2D eigenvalue weighted by Crippen LogP contribution is 2.35. The Balaban J connectivity index is 1.76. The summed E-state index contributed by atoms with van der Waals surface area (Å²) in [6, 6.07) is 6.47. The largest absolute Gasteiger partial charge is 0.372 e. The lowest BCUT2D eigenvalue weighted by Crippen LogP contribution is -2.35. The van der Waals surface area contributed by atoms with Crippen molar-refractivity contribution in [3.05, 3.63) is 28.7 Å². The van der Waals surface area contributed by atoms with E-state index in [1.807, 2.05) is 0 Å². The van der Waals surface area contributed by atoms with Crippen molar-refractivity contribution >= 4 is 26.0 Å². The zero-order valence-corrected chi connectivity index (χ0v) is 12.7. The van der Waals surface area contributed by atoms with E-state index >= 15 is 0 Å². The van der Waals surface area contributed by atoms with Crippen LogP contribution < -0.4 is 0 Å². The molecule has 2 bridgehead atoms. The van der Waals surface area contributed by atoms with Gasteiger partial charge in [-0.05, 0) is 49.9 Å². The minimum Gasteiger partial charge on any atom is -0.372 e. The molecule has 0 spiro atoms. The van der Waals surface area contributed by atoms with Crippen molar-refractivity contribution in [1.82, 2.24) is 0 Å². The number of hydrogen-bond acceptors (Lipinski definition) is 4. The van der Waals surface area contributed by atoms with Gasteiger partial charge in [0.05, 0.1) is 17.1 Å². The van der Waals surface area contributed by atoms with Crippen LogP contribution in [0.2, 0.25) is 0 Å². The molecular formula is C13H15BrO4S. The van der Waals surface area contributed by atoms with Gasteiger partial charge in [-0.15, -0.1) is 0 Å². The molecule has 0 saturated carbocycles. The second-order valence-electron chi connectivity index (χ2n) is 4.99. The SMILES string of the molecule is O=S(=O)(O[C@H]1CC[C@@H]2CC[C@@H]1O2)c1ccc(Br)cc1. The first-order valence-electron chi connectivity index (χ1n) is 6.39. The first kappa shape index (κ1) is 13.5. The van der Waals surface area contributed by atoms with Gasteiger partial charge in [0.15, 0.2) is 0 Å². The molecule has 19 heavy (non-hydrogen) atoms. The van der Waals surface area contributed by atoms with E-state index in [2.05, 4.69) is 15.9 Å². The highest BCUT2D eigenvalue weighted by atomic mass is 79.9. The van der Waals surface area contributed by atoms with Crippen LogP contribution in [0.15, 0.2) is 33.6 Å². The lowest BCUT2D eigenvalue weighted by molar-refractivity contribution is -0.0623. The molecule has 2 aliphatic heterocycles. The van der Waals surface area contributed by atoms with Gasteiger partial charge in [-0.1, -0.05) is 15.9 Å². The van der Waals surface area contributed by atoms with Crippen molar-refractivity contribution in [3.63, 3.8) is 0 Å². The van der Waals surface area contributed by atoms with Crippen LogP contribution in [0.4, 0.5) is 0 Å². The summed E-state index contributed by atoms with van der Waals surface area (Å²) < 4.78 is 36.3. The van der Waals surface area contributed by atoms with Crippen molar-refractivity contribution in [2.75, 3.05) is 0 Å². The Kier molecular flexibility index (Phi) is 3.68. The summed E-state index contributed by atoms with van der Waals surface area (Å²) in [5.74, 6) is 0. The fourth-order valence-electron chi connectivity index (χ4n) is 2.68. The van der Waals surface area contributed by atoms with Gasteiger partial charge in [0.1, 0.15) is 6.10 Å². The van der Waals surface area contributed by atoms with Crippen molar-refractivity contribution < 1.29 is 17.3 Å². The maximum Gasteiger partial charge on any atom is 0.297 e. The van der Waals surface area contributed by atoms with Crippen LogP contribution in [0.25, 0.3) is 0 Å². The Morgan fingerprint density at radius 3 is 2.53 bits per heavy atom. The van der Waals surface area contributed by atoms with Gasteiger partial charge in [-0.25, -0.2) is 0 Å². The average molecular weight is 347 g/mol. The maximum absolute atomic E-state index is 12.2. The highest BCUT2D eigenvalue weighted by molar-refractivity contribution is 9.10. The number of benzene rings is 1. The third-order valence-electron chi connectivity index (χ3n) is 3.68. The molecule has 3 atom stereocenters. The number of halogens is 1. The van der Waals surface area contributed by atoms with Gasteiger partial charge >= 0.3 is 0 Å². The van der Waals surface area contributed by atoms with E-state index < -0.39 is 10.1 Å². The van der Waals surface area contributed by atoms with Gasteiger partial charge < -0.3 is 4.74 Å². The first-order valence-corrected chi connectivity index (χ1v) is 8.59. The van der Waals surface area contributed by atoms with Crippen LogP contribution in [0.3, 0.4) is 0 Å². The number of hydrogen-bond donors (Lipinski definition) is 0. The summed E-state index contributed by atoms with van der Waals surface area (Å²) in [5, 5.41) is 0. The first-order chi connectivity index (χ1) is 9.04. The van der Waals surface area contributed by atoms with Gasteiger partial charge in [0.25, 0.3) is 10.1 Å². The average Bonchev–Trinajstić information content (AvgIpc) is 2.76. The van der Waals surface area contributed by atoms with Crippen LogP contribution >= 0.6 is 15.9 Å². The zero-order valence-electron chi connectivity index (χ0n) is 10.3. The molecule has 0 aliphatic carbocycles. The molecule has 2 aliphatic rings. The molecule has 2 saturated heterocycles. The van der Waals surface area contributed by atoms with Gasteiger partial charge in [0.2, 0.25) is 0 Å². The standard InChI is InChI=1S/C13H15BrO4S/c14-9-1-5-11(6-2-9)19(15,16)18-13-8-4-10-3-7-12(13)17-10/h1-2,5-6,10,12-13H,3-4,7-8H2/t10-,12-,13-/m0/s1. The third kappa shape index (κ3) is 2.86. The second kappa shape index (κ2) is 5.16. The van der Waals surface area contributed by atoms with E-state index in [0.717, 1.165) is 30.2 Å². The summed E-state index contributed by atoms with van der Waals surface area (Å²) in [5.41, 5.74) is 0. The highest BCUT2D eigenvalue weighted by Gasteiger charge is 2.39. The van der Waals surface area contributed by atoms with E-state index in [0.29, 0.717) is 6.10 Å². The number of fused-ring (bicyclic) bond motifs is 2. The summed E-state index contributed by atoms with van der Waals surface area (Å²) in [6.07, 6.45) is 3.45. The fraction of sp³-hybridized carbons (Fsp3) is 0.538. The van der Waals surface area contributed by atoms with Crippen LogP contribution in [-0.4, -0.2) is 26.7 Å². The topological polar surface area (TPSA) is 52.6 Å². The molecule has 0 N–H and O–H groups in total. The molecule has 0 unspecified atom stereocenters. The quantitative estimate of drug-likeness (QED) is 0.789. The molecule has 0 radical (unpaired) electrons. The van der Waals surface area contributed by atoms with E-state index in [1.165, 1.54) is 0 Å². The predicted octanol–water partition coefficient (Wildman–Crippen LogP) is 2.86. The van der Waals surface area contributed by atoms with Crippen molar-refractivity contribution in [2.45, 2.75) is 48.9 Å². The predicted molar refractivity (Wildman–Crippen MR) is 73.3 cm³/mol. The van der Waals surface area contributed by atoms with E-state index in [9.17, 15) is 8.42 Å². The van der Waals surface area contributed by atoms with Crippen LogP contribution in [0.5, 0.6) is 0 Å². The molecule has 2 heterocycles. The maximum atomic E-state index is 12.2. The summed E-state index contributed by atoms with van der Waals surface area (Å²) in [4.78, 5) is 0.191. The Morgan fingerprint density at radius 1 is 1.11 bits per heavy atom. The molecule has 0 aromatic heterocycles. The zero-order chi connectivity index (χ0) is 13.5. The van der Waals surface area contributed by atoms with Crippen LogP contribution in [0.1, 0.15) is 25.7 Å². The molecule has 104 valence electrons. The normalized spacial score (nSPS) is 30.5. The number of rotatable bonds is 3. The molecule has 1 aromatic carbocycles. The molecule has 6 heteroatoms. The molecule has 1 aromatic rings. The van der Waals surface area contributed by atoms with E-state index in [4.69, 9.17) is 8.92 Å². The van der Waals surface area contributed by atoms with Gasteiger partial charge in [0, 0.05) is 4.47 Å². The lowest BCUT2D eigenvalue weighted by Gasteiger charge is -2.28. The van der Waals surface area contributed by atoms with Crippen LogP contribution in [-0.2, 0) is 19.0 Å². The Hall–Kier alpha value is -0.430. The lowest BCUT2D eigenvalue weighted by atomic mass is 10.1. The van der Waals surface area contributed by atoms with Crippen molar-refractivity contribution in [1.29, 1.82) is 0 Å². The van der Waals surface area contributed by atoms with Gasteiger partial charge in [-0.2, -0.15) is 8.42 Å². The monoisotopic (exact) mass is 346 g/mol. The third-order valence-corrected chi connectivity index (χ3v) is 5.56. The fourth-order valence-corrected chi connectivity index (χ4v) is 4.08. The molecule has 3 rings (SSSR count). The Morgan fingerprint density at radius 2 is 1.79 bits per heavy atom. The number of ether oxygens (including phenoxy) is 1. The van der Waals surface area contributed by atoms with E-state index in [-0.39, 0.29) is 17.1 Å². The molecule has 2 fully saturated rings. The van der Waals surface area contributed by atoms with Crippen molar-refractivity contribution in [3.8, 4) is 0 Å². The molecule has 4 nitrogen and oxygen atoms in total. The summed E-state index contributed by atoms with van der Waals surface area (Å²) >= 11 is 3.28. The Labute approximate surface area is 121 Å². The van der Waals surface area contributed by atoms with Crippen molar-refractivity contribution in [2.24, 2.45) is 0 Å². The minimum atomic E-state index is -3.70. The summed E-state index contributed by atoms with van der Waals surface area (Å²) in [6.45, 7) is 0. The van der Waals surface area contributed by atoms with Crippen LogP contribution in [0, 0.1) is 0 Å². The molecule has 0 amide bonds. The van der Waals surface area contributed by atoms with Gasteiger partial charge in [-0.3, -0.25) is 4.18 Å². The minimum absolute atomic E-state index is 0.0658.